The first-order chi connectivity index (χ1) is 7.10. The molecule has 0 bridgehead atoms. The summed E-state index contributed by atoms with van der Waals surface area (Å²) in [5, 5.41) is 1.77. The number of hydrogen-bond acceptors (Lipinski definition) is 2. The molecule has 3 rings (SSSR count). The van der Waals surface area contributed by atoms with Crippen molar-refractivity contribution < 1.29 is 8.42 Å². The van der Waals surface area contributed by atoms with Gasteiger partial charge in [-0.05, 0) is 35.4 Å². The highest BCUT2D eigenvalue weighted by molar-refractivity contribution is 7.93. The smallest absolute Gasteiger partial charge is 0.185 e. The number of hydrogen-bond donors (Lipinski definition) is 0. The van der Waals surface area contributed by atoms with Crippen LogP contribution in [0.25, 0.3) is 10.8 Å². The fourth-order valence-corrected chi connectivity index (χ4v) is 3.68. The molecule has 15 heavy (non-hydrogen) atoms. The van der Waals surface area contributed by atoms with Crippen LogP contribution < -0.4 is 0 Å². The highest BCUT2D eigenvalue weighted by Gasteiger charge is 2.39. The third-order valence-electron chi connectivity index (χ3n) is 3.09. The first-order valence-electron chi connectivity index (χ1n) is 4.87. The lowest BCUT2D eigenvalue weighted by atomic mass is 10.0. The Labute approximate surface area is 88.5 Å². The predicted molar refractivity (Wildman–Crippen MR) is 59.5 cm³/mol. The van der Waals surface area contributed by atoms with E-state index in [4.69, 9.17) is 0 Å². The lowest BCUT2D eigenvalue weighted by Crippen LogP contribution is -2.23. The zero-order valence-corrected chi connectivity index (χ0v) is 9.08. The van der Waals surface area contributed by atoms with E-state index in [0.717, 1.165) is 16.3 Å². The third-order valence-corrected chi connectivity index (χ3v) is 5.24. The monoisotopic (exact) mass is 218 g/mol. The molecule has 1 atom stereocenters. The van der Waals surface area contributed by atoms with E-state index in [9.17, 15) is 8.42 Å². The van der Waals surface area contributed by atoms with Crippen LogP contribution in [0.4, 0.5) is 0 Å². The second-order valence-corrected chi connectivity index (χ2v) is 6.16. The maximum absolute atomic E-state index is 11.7. The second-order valence-electron chi connectivity index (χ2n) is 3.92. The second kappa shape index (κ2) is 2.61. The highest BCUT2D eigenvalue weighted by Crippen LogP contribution is 2.44. The Morgan fingerprint density at radius 2 is 1.67 bits per heavy atom. The molecule has 1 aliphatic heterocycles. The molecule has 1 unspecified atom stereocenters. The van der Waals surface area contributed by atoms with Crippen LogP contribution >= 0.6 is 0 Å². The molecule has 0 N–H and O–H groups in total. The molecule has 76 valence electrons. The third kappa shape index (κ3) is 1.01. The van der Waals surface area contributed by atoms with E-state index in [1.807, 2.05) is 30.3 Å². The summed E-state index contributed by atoms with van der Waals surface area (Å²) in [5.74, 6) is 0. The topological polar surface area (TPSA) is 34.1 Å². The molecule has 0 aromatic heterocycles. The number of fused-ring (bicyclic) bond motifs is 2. The molecule has 0 saturated heterocycles. The van der Waals surface area contributed by atoms with Crippen molar-refractivity contribution in [3.05, 3.63) is 42.0 Å². The van der Waals surface area contributed by atoms with Gasteiger partial charge >= 0.3 is 0 Å². The van der Waals surface area contributed by atoms with E-state index in [1.165, 1.54) is 0 Å². The van der Waals surface area contributed by atoms with Crippen molar-refractivity contribution in [2.75, 3.05) is 0 Å². The number of sulfone groups is 1. The lowest BCUT2D eigenvalue weighted by Gasteiger charge is -2.27. The van der Waals surface area contributed by atoms with E-state index < -0.39 is 9.84 Å². The summed E-state index contributed by atoms with van der Waals surface area (Å²) in [6, 6.07) is 11.6. The van der Waals surface area contributed by atoms with E-state index in [2.05, 4.69) is 0 Å². The van der Waals surface area contributed by atoms with Gasteiger partial charge in [-0.25, -0.2) is 8.42 Å². The molecule has 1 heterocycles. The van der Waals surface area contributed by atoms with Crippen LogP contribution in [-0.4, -0.2) is 8.42 Å². The predicted octanol–water partition coefficient (Wildman–Crippen LogP) is 2.69. The van der Waals surface area contributed by atoms with Crippen LogP contribution in [0.2, 0.25) is 0 Å². The van der Waals surface area contributed by atoms with Gasteiger partial charge in [0.1, 0.15) is 0 Å². The molecule has 2 aromatic rings. The summed E-state index contributed by atoms with van der Waals surface area (Å²) >= 11 is 0. The van der Waals surface area contributed by atoms with Crippen LogP contribution in [0.5, 0.6) is 0 Å². The molecule has 0 aliphatic carbocycles. The van der Waals surface area contributed by atoms with Crippen molar-refractivity contribution in [1.29, 1.82) is 0 Å². The van der Waals surface area contributed by atoms with Crippen molar-refractivity contribution in [2.45, 2.75) is 17.1 Å². The van der Waals surface area contributed by atoms with E-state index >= 15 is 0 Å². The Morgan fingerprint density at radius 3 is 2.33 bits per heavy atom. The molecule has 0 amide bonds. The van der Waals surface area contributed by atoms with Crippen molar-refractivity contribution in [1.82, 2.24) is 0 Å². The minimum Gasteiger partial charge on any atom is -0.223 e. The van der Waals surface area contributed by atoms with Crippen molar-refractivity contribution >= 4 is 20.6 Å². The van der Waals surface area contributed by atoms with Crippen LogP contribution in [-0.2, 0) is 9.84 Å². The Hall–Kier alpha value is -1.35. The van der Waals surface area contributed by atoms with Gasteiger partial charge in [0, 0.05) is 0 Å². The average molecular weight is 218 g/mol. The summed E-state index contributed by atoms with van der Waals surface area (Å²) in [5.41, 5.74) is 0.953. The zero-order valence-electron chi connectivity index (χ0n) is 8.27. The van der Waals surface area contributed by atoms with Gasteiger partial charge in [-0.3, -0.25) is 0 Å². The van der Waals surface area contributed by atoms with Gasteiger partial charge in [0.15, 0.2) is 9.84 Å². The molecule has 0 spiro atoms. The van der Waals surface area contributed by atoms with Gasteiger partial charge in [-0.1, -0.05) is 24.3 Å². The Kier molecular flexibility index (Phi) is 1.55. The van der Waals surface area contributed by atoms with Crippen molar-refractivity contribution in [3.8, 4) is 0 Å². The number of rotatable bonds is 0. The Morgan fingerprint density at radius 1 is 1.07 bits per heavy atom. The molecule has 2 aromatic carbocycles. The molecular weight excluding hydrogens is 208 g/mol. The summed E-state index contributed by atoms with van der Waals surface area (Å²) < 4.78 is 23.4. The van der Waals surface area contributed by atoms with Gasteiger partial charge in [-0.2, -0.15) is 0 Å². The van der Waals surface area contributed by atoms with Crippen LogP contribution in [0.1, 0.15) is 17.7 Å². The SMILES string of the molecule is CC1c2cc3ccccc3cc2S1(=O)=O. The molecule has 3 heteroatoms. The Bertz CT molecular complexity index is 656. The summed E-state index contributed by atoms with van der Waals surface area (Å²) in [6.07, 6.45) is 0. The summed E-state index contributed by atoms with van der Waals surface area (Å²) in [6.45, 7) is 1.74. The minimum absolute atomic E-state index is 0.336. The van der Waals surface area contributed by atoms with E-state index in [-0.39, 0.29) is 5.25 Å². The van der Waals surface area contributed by atoms with E-state index in [1.54, 1.807) is 13.0 Å². The van der Waals surface area contributed by atoms with Crippen LogP contribution in [0.3, 0.4) is 0 Å². The standard InChI is InChI=1S/C12H10O2S/c1-8-11-6-9-4-2-3-5-10(9)7-12(11)15(8,13)14/h2-8H,1H3. The fourth-order valence-electron chi connectivity index (χ4n) is 2.10. The van der Waals surface area contributed by atoms with Crippen LogP contribution in [0.15, 0.2) is 41.3 Å². The van der Waals surface area contributed by atoms with Crippen molar-refractivity contribution in [3.63, 3.8) is 0 Å². The van der Waals surface area contributed by atoms with Gasteiger partial charge in [-0.15, -0.1) is 0 Å². The maximum atomic E-state index is 11.7. The summed E-state index contributed by atoms with van der Waals surface area (Å²) in [7, 11) is -3.01. The Balaban J connectivity index is 2.42. The number of benzene rings is 2. The molecule has 0 radical (unpaired) electrons. The average Bonchev–Trinajstić information content (AvgIpc) is 2.27. The largest absolute Gasteiger partial charge is 0.223 e. The van der Waals surface area contributed by atoms with E-state index in [0.29, 0.717) is 4.90 Å². The fraction of sp³-hybridized carbons (Fsp3) is 0.167. The molecular formula is C12H10O2S. The normalized spacial score (nSPS) is 22.1. The lowest BCUT2D eigenvalue weighted by molar-refractivity contribution is 0.572. The minimum atomic E-state index is -3.01. The van der Waals surface area contributed by atoms with Gasteiger partial charge in [0.05, 0.1) is 10.1 Å². The maximum Gasteiger partial charge on any atom is 0.185 e. The summed E-state index contributed by atoms with van der Waals surface area (Å²) in [4.78, 5) is 0.508. The molecule has 0 saturated carbocycles. The van der Waals surface area contributed by atoms with Crippen LogP contribution in [0, 0.1) is 0 Å². The van der Waals surface area contributed by atoms with Gasteiger partial charge in [0.2, 0.25) is 0 Å². The highest BCUT2D eigenvalue weighted by atomic mass is 32.2. The molecule has 1 aliphatic rings. The zero-order chi connectivity index (χ0) is 10.6. The molecule has 0 fully saturated rings. The quantitative estimate of drug-likeness (QED) is 0.681. The van der Waals surface area contributed by atoms with Gasteiger partial charge < -0.3 is 0 Å². The first kappa shape index (κ1) is 8.92. The van der Waals surface area contributed by atoms with Crippen molar-refractivity contribution in [2.24, 2.45) is 0 Å². The van der Waals surface area contributed by atoms with Gasteiger partial charge in [0.25, 0.3) is 0 Å². The first-order valence-corrected chi connectivity index (χ1v) is 6.42. The molecule has 2 nitrogen and oxygen atoms in total.